The first-order valence-corrected chi connectivity index (χ1v) is 7.54. The molecule has 2 rings (SSSR count). The van der Waals surface area contributed by atoms with Gasteiger partial charge < -0.3 is 5.32 Å². The molecule has 1 amide bonds. The van der Waals surface area contributed by atoms with Crippen LogP contribution in [0.25, 0.3) is 0 Å². The lowest BCUT2D eigenvalue weighted by Gasteiger charge is -2.11. The van der Waals surface area contributed by atoms with Gasteiger partial charge in [-0.1, -0.05) is 27.5 Å². The number of halogens is 3. The van der Waals surface area contributed by atoms with E-state index in [9.17, 15) is 4.79 Å². The zero-order valence-corrected chi connectivity index (χ0v) is 13.0. The summed E-state index contributed by atoms with van der Waals surface area (Å²) >= 11 is 12.8. The third kappa shape index (κ3) is 3.70. The van der Waals surface area contributed by atoms with Gasteiger partial charge in [-0.2, -0.15) is 0 Å². The van der Waals surface area contributed by atoms with Crippen molar-refractivity contribution >= 4 is 49.4 Å². The smallest absolute Gasteiger partial charge is 0.252 e. The Bertz CT molecular complexity index is 435. The van der Waals surface area contributed by atoms with Crippen LogP contribution in [0.2, 0.25) is 5.02 Å². The van der Waals surface area contributed by atoms with E-state index in [1.54, 1.807) is 18.2 Å². The molecule has 1 aliphatic rings. The van der Waals surface area contributed by atoms with E-state index >= 15 is 0 Å². The summed E-state index contributed by atoms with van der Waals surface area (Å²) in [6.45, 7) is 0.665. The predicted octanol–water partition coefficient (Wildman–Crippen LogP) is 4.01. The van der Waals surface area contributed by atoms with E-state index in [4.69, 9.17) is 11.6 Å². The highest BCUT2D eigenvalue weighted by atomic mass is 79.9. The number of benzene rings is 1. The van der Waals surface area contributed by atoms with Crippen LogP contribution in [0.4, 0.5) is 0 Å². The third-order valence-corrected chi connectivity index (χ3v) is 4.73. The van der Waals surface area contributed by atoms with Crippen LogP contribution in [0.3, 0.4) is 0 Å². The topological polar surface area (TPSA) is 29.1 Å². The van der Waals surface area contributed by atoms with Crippen molar-refractivity contribution in [3.05, 3.63) is 33.3 Å². The highest BCUT2D eigenvalue weighted by Crippen LogP contribution is 2.36. The maximum atomic E-state index is 11.9. The first-order valence-electron chi connectivity index (χ1n) is 5.45. The number of carbonyl (C=O) groups is 1. The molecular weight excluding hydrogens is 369 g/mol. The SMILES string of the molecule is O=C(NCC(Br)C1CC1)c1ccc(Cl)cc1Br. The van der Waals surface area contributed by atoms with Gasteiger partial charge in [-0.05, 0) is 52.9 Å². The van der Waals surface area contributed by atoms with Crippen molar-refractivity contribution in [2.75, 3.05) is 6.54 Å². The third-order valence-electron chi connectivity index (χ3n) is 2.77. The van der Waals surface area contributed by atoms with Gasteiger partial charge in [0.25, 0.3) is 5.91 Å². The van der Waals surface area contributed by atoms with Gasteiger partial charge in [0.05, 0.1) is 5.56 Å². The lowest BCUT2D eigenvalue weighted by atomic mass is 10.2. The van der Waals surface area contributed by atoms with Crippen LogP contribution in [-0.4, -0.2) is 17.3 Å². The van der Waals surface area contributed by atoms with E-state index in [-0.39, 0.29) is 5.91 Å². The molecule has 0 bridgehead atoms. The van der Waals surface area contributed by atoms with Crippen LogP contribution < -0.4 is 5.32 Å². The predicted molar refractivity (Wildman–Crippen MR) is 76.9 cm³/mol. The van der Waals surface area contributed by atoms with Crippen LogP contribution in [0.5, 0.6) is 0 Å². The highest BCUT2D eigenvalue weighted by Gasteiger charge is 2.29. The van der Waals surface area contributed by atoms with Crippen LogP contribution in [0, 0.1) is 5.92 Å². The Labute approximate surface area is 122 Å². The second-order valence-electron chi connectivity index (χ2n) is 4.19. The van der Waals surface area contributed by atoms with Crippen LogP contribution >= 0.6 is 43.5 Å². The molecule has 0 saturated heterocycles. The lowest BCUT2D eigenvalue weighted by molar-refractivity contribution is 0.0952. The minimum absolute atomic E-state index is 0.0707. The number of rotatable bonds is 4. The summed E-state index contributed by atoms with van der Waals surface area (Å²) in [5.41, 5.74) is 0.616. The molecular formula is C12H12Br2ClNO. The summed E-state index contributed by atoms with van der Waals surface area (Å²) < 4.78 is 0.722. The Morgan fingerprint density at radius 3 is 2.82 bits per heavy atom. The van der Waals surface area contributed by atoms with Gasteiger partial charge >= 0.3 is 0 Å². The standard InChI is InChI=1S/C12H12Br2ClNO/c13-10-5-8(15)3-4-9(10)12(17)16-6-11(14)7-1-2-7/h3-5,7,11H,1-2,6H2,(H,16,17). The summed E-state index contributed by atoms with van der Waals surface area (Å²) in [5, 5.41) is 3.54. The lowest BCUT2D eigenvalue weighted by Crippen LogP contribution is -2.30. The molecule has 0 heterocycles. The molecule has 0 aromatic heterocycles. The van der Waals surface area contributed by atoms with E-state index in [0.717, 1.165) is 10.4 Å². The van der Waals surface area contributed by atoms with Gasteiger partial charge in [-0.15, -0.1) is 0 Å². The second kappa shape index (κ2) is 5.72. The second-order valence-corrected chi connectivity index (χ2v) is 6.65. The van der Waals surface area contributed by atoms with Crippen LogP contribution in [0.15, 0.2) is 22.7 Å². The number of hydrogen-bond donors (Lipinski definition) is 1. The van der Waals surface area contributed by atoms with E-state index in [0.29, 0.717) is 22.0 Å². The van der Waals surface area contributed by atoms with Gasteiger partial charge in [-0.25, -0.2) is 0 Å². The number of amides is 1. The maximum Gasteiger partial charge on any atom is 0.252 e. The van der Waals surface area contributed by atoms with Crippen molar-refractivity contribution in [1.29, 1.82) is 0 Å². The van der Waals surface area contributed by atoms with Crippen molar-refractivity contribution in [2.45, 2.75) is 17.7 Å². The Balaban J connectivity index is 1.94. The van der Waals surface area contributed by atoms with Gasteiger partial charge in [-0.3, -0.25) is 4.79 Å². The monoisotopic (exact) mass is 379 g/mol. The molecule has 1 aromatic carbocycles. The molecule has 17 heavy (non-hydrogen) atoms. The molecule has 1 aliphatic carbocycles. The highest BCUT2D eigenvalue weighted by molar-refractivity contribution is 9.10. The van der Waals surface area contributed by atoms with Crippen molar-refractivity contribution in [2.24, 2.45) is 5.92 Å². The van der Waals surface area contributed by atoms with Crippen LogP contribution in [0.1, 0.15) is 23.2 Å². The molecule has 1 unspecified atom stereocenters. The molecule has 0 radical (unpaired) electrons. The van der Waals surface area contributed by atoms with E-state index in [2.05, 4.69) is 37.2 Å². The van der Waals surface area contributed by atoms with E-state index in [1.807, 2.05) is 0 Å². The van der Waals surface area contributed by atoms with Gasteiger partial charge in [0.15, 0.2) is 0 Å². The Hall–Kier alpha value is -0.0600. The first kappa shape index (κ1) is 13.4. The average Bonchev–Trinajstić information content (AvgIpc) is 3.09. The van der Waals surface area contributed by atoms with E-state index < -0.39 is 0 Å². The molecule has 0 spiro atoms. The van der Waals surface area contributed by atoms with Crippen molar-refractivity contribution in [3.8, 4) is 0 Å². The first-order chi connectivity index (χ1) is 8.08. The molecule has 92 valence electrons. The molecule has 0 aliphatic heterocycles. The fourth-order valence-electron chi connectivity index (χ4n) is 1.58. The summed E-state index contributed by atoms with van der Waals surface area (Å²) in [5.74, 6) is 0.655. The Morgan fingerprint density at radius 2 is 2.24 bits per heavy atom. The summed E-state index contributed by atoms with van der Waals surface area (Å²) in [6, 6.07) is 5.17. The molecule has 1 fully saturated rings. The number of alkyl halides is 1. The Kier molecular flexibility index (Phi) is 4.50. The quantitative estimate of drug-likeness (QED) is 0.785. The average molecular weight is 381 g/mol. The minimum atomic E-state index is -0.0707. The van der Waals surface area contributed by atoms with Gasteiger partial charge in [0, 0.05) is 20.9 Å². The summed E-state index contributed by atoms with van der Waals surface area (Å²) in [7, 11) is 0. The fraction of sp³-hybridized carbons (Fsp3) is 0.417. The molecule has 1 N–H and O–H groups in total. The molecule has 1 atom stereocenters. The summed E-state index contributed by atoms with van der Waals surface area (Å²) in [6.07, 6.45) is 2.52. The largest absolute Gasteiger partial charge is 0.351 e. The zero-order chi connectivity index (χ0) is 12.4. The minimum Gasteiger partial charge on any atom is -0.351 e. The number of hydrogen-bond acceptors (Lipinski definition) is 1. The van der Waals surface area contributed by atoms with E-state index in [1.165, 1.54) is 12.8 Å². The van der Waals surface area contributed by atoms with Crippen LogP contribution in [-0.2, 0) is 0 Å². The maximum absolute atomic E-state index is 11.9. The normalized spacial score (nSPS) is 16.6. The zero-order valence-electron chi connectivity index (χ0n) is 9.05. The van der Waals surface area contributed by atoms with Crippen molar-refractivity contribution < 1.29 is 4.79 Å². The molecule has 2 nitrogen and oxygen atoms in total. The van der Waals surface area contributed by atoms with Crippen molar-refractivity contribution in [1.82, 2.24) is 5.32 Å². The van der Waals surface area contributed by atoms with Crippen molar-refractivity contribution in [3.63, 3.8) is 0 Å². The number of carbonyl (C=O) groups excluding carboxylic acids is 1. The molecule has 1 saturated carbocycles. The number of nitrogens with one attached hydrogen (secondary N) is 1. The molecule has 1 aromatic rings. The molecule has 5 heteroatoms. The van der Waals surface area contributed by atoms with Gasteiger partial charge in [0.2, 0.25) is 0 Å². The van der Waals surface area contributed by atoms with Gasteiger partial charge in [0.1, 0.15) is 0 Å². The Morgan fingerprint density at radius 1 is 1.53 bits per heavy atom. The summed E-state index contributed by atoms with van der Waals surface area (Å²) in [4.78, 5) is 12.3. The fourth-order valence-corrected chi connectivity index (χ4v) is 3.14.